The SMILES string of the molecule is CCNCC1C2CN(C(O)(C=O)c3ccccc3)CC12. The second-order valence-corrected chi connectivity index (χ2v) is 5.91. The van der Waals surface area contributed by atoms with Gasteiger partial charge < -0.3 is 10.4 Å². The molecular formula is C16H22N2O2. The van der Waals surface area contributed by atoms with Crippen molar-refractivity contribution in [3.05, 3.63) is 35.9 Å². The van der Waals surface area contributed by atoms with Crippen LogP contribution in [-0.4, -0.2) is 42.5 Å². The largest absolute Gasteiger partial charge is 0.365 e. The molecule has 1 saturated carbocycles. The molecule has 3 unspecified atom stereocenters. The van der Waals surface area contributed by atoms with Gasteiger partial charge in [-0.2, -0.15) is 0 Å². The van der Waals surface area contributed by atoms with E-state index in [1.54, 1.807) is 0 Å². The number of hydrogen-bond acceptors (Lipinski definition) is 4. The zero-order chi connectivity index (χ0) is 14.2. The normalized spacial score (nSPS) is 31.6. The fraction of sp³-hybridized carbons (Fsp3) is 0.562. The van der Waals surface area contributed by atoms with E-state index in [4.69, 9.17) is 0 Å². The number of nitrogens with one attached hydrogen (secondary N) is 1. The summed E-state index contributed by atoms with van der Waals surface area (Å²) in [6.45, 7) is 5.80. The molecule has 2 aliphatic rings. The molecule has 0 spiro atoms. The summed E-state index contributed by atoms with van der Waals surface area (Å²) < 4.78 is 0. The van der Waals surface area contributed by atoms with Crippen LogP contribution in [0.15, 0.2) is 30.3 Å². The summed E-state index contributed by atoms with van der Waals surface area (Å²) in [6, 6.07) is 9.23. The van der Waals surface area contributed by atoms with Crippen LogP contribution in [0.4, 0.5) is 0 Å². The van der Waals surface area contributed by atoms with Crippen molar-refractivity contribution in [2.45, 2.75) is 12.6 Å². The van der Waals surface area contributed by atoms with Crippen molar-refractivity contribution in [1.82, 2.24) is 10.2 Å². The number of nitrogens with zero attached hydrogens (tertiary/aromatic N) is 1. The number of aliphatic hydroxyl groups is 1. The van der Waals surface area contributed by atoms with Gasteiger partial charge >= 0.3 is 0 Å². The number of hydrogen-bond donors (Lipinski definition) is 2. The van der Waals surface area contributed by atoms with E-state index in [-0.39, 0.29) is 0 Å². The molecule has 4 heteroatoms. The van der Waals surface area contributed by atoms with Gasteiger partial charge in [0.2, 0.25) is 5.72 Å². The third-order valence-electron chi connectivity index (χ3n) is 4.85. The van der Waals surface area contributed by atoms with Crippen LogP contribution in [0.5, 0.6) is 0 Å². The van der Waals surface area contributed by atoms with E-state index in [1.165, 1.54) is 0 Å². The highest BCUT2D eigenvalue weighted by Crippen LogP contribution is 2.53. The maximum absolute atomic E-state index is 11.5. The Hall–Kier alpha value is -1.23. The highest BCUT2D eigenvalue weighted by Gasteiger charge is 2.58. The zero-order valence-corrected chi connectivity index (χ0v) is 11.8. The molecule has 1 saturated heterocycles. The van der Waals surface area contributed by atoms with Crippen LogP contribution in [0, 0.1) is 17.8 Å². The van der Waals surface area contributed by atoms with Gasteiger partial charge in [0.25, 0.3) is 0 Å². The average Bonchev–Trinajstić information content (AvgIpc) is 2.94. The molecule has 0 amide bonds. The van der Waals surface area contributed by atoms with Gasteiger partial charge in [0.05, 0.1) is 0 Å². The summed E-state index contributed by atoms with van der Waals surface area (Å²) in [6.07, 6.45) is 0.673. The van der Waals surface area contributed by atoms with Crippen molar-refractivity contribution in [2.75, 3.05) is 26.2 Å². The van der Waals surface area contributed by atoms with E-state index in [2.05, 4.69) is 12.2 Å². The molecule has 2 fully saturated rings. The Balaban J connectivity index is 1.68. The Kier molecular flexibility index (Phi) is 3.63. The van der Waals surface area contributed by atoms with E-state index in [0.29, 0.717) is 23.7 Å². The third-order valence-corrected chi connectivity index (χ3v) is 4.85. The second-order valence-electron chi connectivity index (χ2n) is 5.91. The zero-order valence-electron chi connectivity index (χ0n) is 11.8. The second kappa shape index (κ2) is 5.28. The van der Waals surface area contributed by atoms with Crippen molar-refractivity contribution >= 4 is 6.29 Å². The number of benzene rings is 1. The molecule has 4 nitrogen and oxygen atoms in total. The Bertz CT molecular complexity index is 467. The van der Waals surface area contributed by atoms with Gasteiger partial charge in [-0.25, -0.2) is 0 Å². The predicted octanol–water partition coefficient (Wildman–Crippen LogP) is 0.818. The molecule has 1 aliphatic heterocycles. The molecular weight excluding hydrogens is 252 g/mol. The molecule has 1 heterocycles. The molecule has 2 N–H and O–H groups in total. The first kappa shape index (κ1) is 13.7. The molecule has 0 aromatic heterocycles. The van der Waals surface area contributed by atoms with E-state index < -0.39 is 5.72 Å². The lowest BCUT2D eigenvalue weighted by Crippen LogP contribution is -2.48. The van der Waals surface area contributed by atoms with Crippen molar-refractivity contribution in [2.24, 2.45) is 17.8 Å². The van der Waals surface area contributed by atoms with Gasteiger partial charge in [0.1, 0.15) is 0 Å². The summed E-state index contributed by atoms with van der Waals surface area (Å²) in [7, 11) is 0. The fourth-order valence-electron chi connectivity index (χ4n) is 3.55. The molecule has 1 aromatic rings. The maximum atomic E-state index is 11.5. The Morgan fingerprint density at radius 2 is 2.00 bits per heavy atom. The number of carbonyl (C=O) groups is 1. The summed E-state index contributed by atoms with van der Waals surface area (Å²) in [5.74, 6) is 1.98. The number of rotatable bonds is 6. The van der Waals surface area contributed by atoms with Crippen LogP contribution in [-0.2, 0) is 10.5 Å². The number of aldehydes is 1. The lowest BCUT2D eigenvalue weighted by Gasteiger charge is -2.34. The van der Waals surface area contributed by atoms with Crippen molar-refractivity contribution < 1.29 is 9.90 Å². The van der Waals surface area contributed by atoms with Gasteiger partial charge in [-0.15, -0.1) is 0 Å². The third kappa shape index (κ3) is 2.18. The lowest BCUT2D eigenvalue weighted by atomic mass is 10.0. The minimum atomic E-state index is -1.46. The minimum Gasteiger partial charge on any atom is -0.365 e. The first-order chi connectivity index (χ1) is 9.70. The van der Waals surface area contributed by atoms with E-state index in [1.807, 2.05) is 35.2 Å². The van der Waals surface area contributed by atoms with Crippen molar-refractivity contribution in [3.8, 4) is 0 Å². The van der Waals surface area contributed by atoms with Crippen molar-refractivity contribution in [3.63, 3.8) is 0 Å². The van der Waals surface area contributed by atoms with E-state index in [9.17, 15) is 9.90 Å². The Labute approximate surface area is 119 Å². The number of carbonyl (C=O) groups excluding carboxylic acids is 1. The summed E-state index contributed by atoms with van der Waals surface area (Å²) in [5.41, 5.74) is -0.795. The molecule has 1 aromatic carbocycles. The molecule has 0 bridgehead atoms. The standard InChI is InChI=1S/C16H22N2O2/c1-2-17-8-13-14-9-18(10-15(13)14)16(20,11-19)12-6-4-3-5-7-12/h3-7,11,13-15,17,20H,2,8-10H2,1H3. The monoisotopic (exact) mass is 274 g/mol. The van der Waals surface area contributed by atoms with Gasteiger partial charge in [-0.1, -0.05) is 37.3 Å². The maximum Gasteiger partial charge on any atom is 0.201 e. The summed E-state index contributed by atoms with van der Waals surface area (Å²) >= 11 is 0. The van der Waals surface area contributed by atoms with Gasteiger partial charge in [-0.05, 0) is 30.8 Å². The highest BCUT2D eigenvalue weighted by atomic mass is 16.3. The van der Waals surface area contributed by atoms with Crippen LogP contribution >= 0.6 is 0 Å². The minimum absolute atomic E-state index is 0.629. The molecule has 0 radical (unpaired) electrons. The number of likely N-dealkylation sites (tertiary alicyclic amines) is 1. The first-order valence-corrected chi connectivity index (χ1v) is 7.40. The lowest BCUT2D eigenvalue weighted by molar-refractivity contribution is -0.149. The number of fused-ring (bicyclic) bond motifs is 1. The molecule has 20 heavy (non-hydrogen) atoms. The Morgan fingerprint density at radius 1 is 1.35 bits per heavy atom. The predicted molar refractivity (Wildman–Crippen MR) is 77.0 cm³/mol. The average molecular weight is 274 g/mol. The molecule has 3 rings (SSSR count). The smallest absolute Gasteiger partial charge is 0.201 e. The highest BCUT2D eigenvalue weighted by molar-refractivity contribution is 5.65. The van der Waals surface area contributed by atoms with Crippen LogP contribution in [0.1, 0.15) is 12.5 Å². The van der Waals surface area contributed by atoms with Crippen molar-refractivity contribution in [1.29, 1.82) is 0 Å². The summed E-state index contributed by atoms with van der Waals surface area (Å²) in [5, 5.41) is 14.1. The van der Waals surface area contributed by atoms with Gasteiger partial charge in [-0.3, -0.25) is 9.69 Å². The van der Waals surface area contributed by atoms with Crippen LogP contribution in [0.2, 0.25) is 0 Å². The van der Waals surface area contributed by atoms with Gasteiger partial charge in [0, 0.05) is 18.7 Å². The molecule has 108 valence electrons. The van der Waals surface area contributed by atoms with Gasteiger partial charge in [0.15, 0.2) is 6.29 Å². The summed E-state index contributed by atoms with van der Waals surface area (Å²) in [4.78, 5) is 13.4. The Morgan fingerprint density at radius 3 is 2.55 bits per heavy atom. The topological polar surface area (TPSA) is 52.6 Å². The molecule has 3 atom stereocenters. The first-order valence-electron chi connectivity index (χ1n) is 7.40. The van der Waals surface area contributed by atoms with Crippen LogP contribution in [0.25, 0.3) is 0 Å². The van der Waals surface area contributed by atoms with Crippen LogP contribution < -0.4 is 5.32 Å². The van der Waals surface area contributed by atoms with Crippen LogP contribution in [0.3, 0.4) is 0 Å². The van der Waals surface area contributed by atoms with E-state index in [0.717, 1.165) is 32.1 Å². The fourth-order valence-corrected chi connectivity index (χ4v) is 3.55. The number of piperidine rings is 1. The molecule has 1 aliphatic carbocycles. The quantitative estimate of drug-likeness (QED) is 0.754. The van der Waals surface area contributed by atoms with E-state index >= 15 is 0 Å².